The maximum atomic E-state index is 12.3. The van der Waals surface area contributed by atoms with Gasteiger partial charge in [-0.15, -0.1) is 0 Å². The Morgan fingerprint density at radius 2 is 2.14 bits per heavy atom. The highest BCUT2D eigenvalue weighted by molar-refractivity contribution is 7.89. The summed E-state index contributed by atoms with van der Waals surface area (Å²) in [5.74, 6) is -0.523. The first-order valence-electron chi connectivity index (χ1n) is 6.68. The van der Waals surface area contributed by atoms with Crippen LogP contribution in [0.2, 0.25) is 0 Å². The average Bonchev–Trinajstić information content (AvgIpc) is 3.08. The lowest BCUT2D eigenvalue weighted by molar-refractivity contribution is 0.527. The number of benzene rings is 1. The van der Waals surface area contributed by atoms with Crippen LogP contribution in [0, 0.1) is 0 Å². The van der Waals surface area contributed by atoms with Crippen LogP contribution in [0.4, 0.5) is 0 Å². The number of H-pyrrole nitrogens is 1. The Morgan fingerprint density at radius 3 is 2.86 bits per heavy atom. The molecule has 116 valence electrons. The van der Waals surface area contributed by atoms with Crippen molar-refractivity contribution in [2.45, 2.75) is 11.3 Å². The fraction of sp³-hybridized carbons (Fsp3) is 0.214. The highest BCUT2D eigenvalue weighted by Gasteiger charge is 2.16. The second-order valence-corrected chi connectivity index (χ2v) is 6.69. The summed E-state index contributed by atoms with van der Waals surface area (Å²) in [5, 5.41) is 0. The molecule has 1 aromatic carbocycles. The number of hydrogen-bond acceptors (Lipinski definition) is 4. The van der Waals surface area contributed by atoms with Crippen molar-refractivity contribution in [1.82, 2.24) is 14.3 Å². The monoisotopic (exact) mass is 321 g/mol. The van der Waals surface area contributed by atoms with Gasteiger partial charge in [-0.1, -0.05) is 0 Å². The van der Waals surface area contributed by atoms with Gasteiger partial charge in [-0.2, -0.15) is 0 Å². The minimum atomic E-state index is -3.64. The maximum Gasteiger partial charge on any atom is 0.419 e. The third-order valence-electron chi connectivity index (χ3n) is 3.44. The van der Waals surface area contributed by atoms with Crippen LogP contribution in [0.5, 0.6) is 0 Å². The van der Waals surface area contributed by atoms with Crippen molar-refractivity contribution < 1.29 is 12.8 Å². The average molecular weight is 321 g/mol. The van der Waals surface area contributed by atoms with E-state index in [0.29, 0.717) is 11.9 Å². The molecule has 0 aliphatic carbocycles. The molecule has 22 heavy (non-hydrogen) atoms. The molecule has 3 rings (SSSR count). The van der Waals surface area contributed by atoms with E-state index in [2.05, 4.69) is 9.71 Å². The van der Waals surface area contributed by atoms with E-state index in [4.69, 9.17) is 4.42 Å². The van der Waals surface area contributed by atoms with Gasteiger partial charge in [-0.05, 0) is 30.2 Å². The topological polar surface area (TPSA) is 97.1 Å². The van der Waals surface area contributed by atoms with E-state index in [9.17, 15) is 13.2 Å². The molecule has 0 saturated carbocycles. The molecule has 2 aromatic heterocycles. The Morgan fingerprint density at radius 1 is 1.32 bits per heavy atom. The Bertz CT molecular complexity index is 952. The lowest BCUT2D eigenvalue weighted by Crippen LogP contribution is -2.25. The molecular weight excluding hydrogens is 306 g/mol. The Balaban J connectivity index is 1.80. The number of nitrogens with zero attached hydrogens (tertiary/aromatic N) is 1. The third kappa shape index (κ3) is 2.70. The van der Waals surface area contributed by atoms with Crippen molar-refractivity contribution in [2.75, 3.05) is 6.54 Å². The number of sulfonamides is 1. The Hall–Kier alpha value is -2.32. The summed E-state index contributed by atoms with van der Waals surface area (Å²) >= 11 is 0. The molecular formula is C14H15N3O4S. The van der Waals surface area contributed by atoms with E-state index in [-0.39, 0.29) is 17.0 Å². The number of nitrogens with one attached hydrogen (secondary N) is 2. The third-order valence-corrected chi connectivity index (χ3v) is 4.90. The summed E-state index contributed by atoms with van der Waals surface area (Å²) in [6.07, 6.45) is 4.19. The highest BCUT2D eigenvalue weighted by Crippen LogP contribution is 2.17. The molecule has 3 aromatic rings. The minimum absolute atomic E-state index is 0.0726. The van der Waals surface area contributed by atoms with Crippen LogP contribution in [-0.2, 0) is 23.5 Å². The predicted molar refractivity (Wildman–Crippen MR) is 81.1 cm³/mol. The number of rotatable bonds is 5. The zero-order valence-corrected chi connectivity index (χ0v) is 12.7. The Labute approximate surface area is 126 Å². The summed E-state index contributed by atoms with van der Waals surface area (Å²) in [6, 6.07) is 6.26. The van der Waals surface area contributed by atoms with Crippen molar-refractivity contribution in [3.8, 4) is 0 Å². The molecule has 7 nitrogen and oxygen atoms in total. The fourth-order valence-corrected chi connectivity index (χ4v) is 3.26. The molecule has 2 N–H and O–H groups in total. The molecule has 0 atom stereocenters. The van der Waals surface area contributed by atoms with E-state index < -0.39 is 15.8 Å². The van der Waals surface area contributed by atoms with Crippen LogP contribution in [0.25, 0.3) is 11.1 Å². The predicted octanol–water partition coefficient (Wildman–Crippen LogP) is 0.981. The van der Waals surface area contributed by atoms with Gasteiger partial charge in [0.2, 0.25) is 10.0 Å². The summed E-state index contributed by atoms with van der Waals surface area (Å²) in [5.41, 5.74) is 1.82. The van der Waals surface area contributed by atoms with E-state index in [1.807, 2.05) is 12.3 Å². The van der Waals surface area contributed by atoms with Crippen molar-refractivity contribution in [3.63, 3.8) is 0 Å². The first-order chi connectivity index (χ1) is 10.5. The largest absolute Gasteiger partial charge is 0.419 e. The number of fused-ring (bicyclic) bond motifs is 1. The Kier molecular flexibility index (Phi) is 3.63. The number of aryl methyl sites for hydroxylation is 1. The molecule has 8 heteroatoms. The number of hydrogen-bond donors (Lipinski definition) is 2. The van der Waals surface area contributed by atoms with E-state index in [1.54, 1.807) is 19.3 Å². The van der Waals surface area contributed by atoms with Gasteiger partial charge in [0.05, 0.1) is 10.4 Å². The summed E-state index contributed by atoms with van der Waals surface area (Å²) in [6.45, 7) is 0.289. The number of aromatic amines is 1. The lowest BCUT2D eigenvalue weighted by atomic mass is 10.2. The molecule has 0 amide bonds. The maximum absolute atomic E-state index is 12.3. The van der Waals surface area contributed by atoms with E-state index in [1.165, 1.54) is 16.7 Å². The second kappa shape index (κ2) is 5.47. The molecule has 0 aliphatic heterocycles. The molecule has 0 saturated heterocycles. The molecule has 0 spiro atoms. The molecule has 0 fully saturated rings. The minimum Gasteiger partial charge on any atom is -0.408 e. The van der Waals surface area contributed by atoms with Gasteiger partial charge in [0.15, 0.2) is 5.58 Å². The zero-order chi connectivity index (χ0) is 15.7. The van der Waals surface area contributed by atoms with Gasteiger partial charge >= 0.3 is 5.76 Å². The summed E-state index contributed by atoms with van der Waals surface area (Å²) in [7, 11) is -2.07. The van der Waals surface area contributed by atoms with E-state index in [0.717, 1.165) is 5.56 Å². The van der Waals surface area contributed by atoms with Crippen LogP contribution >= 0.6 is 0 Å². The first kappa shape index (κ1) is 14.6. The van der Waals surface area contributed by atoms with Crippen molar-refractivity contribution in [1.29, 1.82) is 0 Å². The van der Waals surface area contributed by atoms with Crippen LogP contribution in [0.15, 0.2) is 50.8 Å². The van der Waals surface area contributed by atoms with Gasteiger partial charge in [-0.25, -0.2) is 17.9 Å². The van der Waals surface area contributed by atoms with Crippen LogP contribution in [0.1, 0.15) is 5.56 Å². The van der Waals surface area contributed by atoms with Gasteiger partial charge in [0.25, 0.3) is 0 Å². The van der Waals surface area contributed by atoms with Gasteiger partial charge in [0.1, 0.15) is 0 Å². The zero-order valence-electron chi connectivity index (χ0n) is 11.9. The van der Waals surface area contributed by atoms with Gasteiger partial charge in [-0.3, -0.25) is 4.57 Å². The fourth-order valence-electron chi connectivity index (χ4n) is 2.21. The molecule has 0 radical (unpaired) electrons. The normalized spacial score (nSPS) is 12.0. The molecule has 0 bridgehead atoms. The number of oxazole rings is 1. The van der Waals surface area contributed by atoms with Gasteiger partial charge in [0, 0.05) is 32.1 Å². The quantitative estimate of drug-likeness (QED) is 0.732. The molecule has 0 unspecified atom stereocenters. The van der Waals surface area contributed by atoms with Crippen molar-refractivity contribution >= 4 is 21.1 Å². The molecule has 0 aliphatic rings. The van der Waals surface area contributed by atoms with Crippen molar-refractivity contribution in [2.24, 2.45) is 7.05 Å². The smallest absolute Gasteiger partial charge is 0.408 e. The summed E-state index contributed by atoms with van der Waals surface area (Å²) < 4.78 is 33.4. The van der Waals surface area contributed by atoms with Gasteiger partial charge < -0.3 is 9.40 Å². The molecule has 2 heterocycles. The lowest BCUT2D eigenvalue weighted by Gasteiger charge is -2.06. The summed E-state index contributed by atoms with van der Waals surface area (Å²) in [4.78, 5) is 14.4. The van der Waals surface area contributed by atoms with Crippen LogP contribution in [-0.4, -0.2) is 24.5 Å². The second-order valence-electron chi connectivity index (χ2n) is 4.92. The number of aromatic nitrogens is 2. The SMILES string of the molecule is Cn1c(=O)oc2cc(S(=O)(=O)NCCc3cc[nH]c3)ccc21. The van der Waals surface area contributed by atoms with Crippen molar-refractivity contribution in [3.05, 3.63) is 52.8 Å². The van der Waals surface area contributed by atoms with Crippen LogP contribution < -0.4 is 10.5 Å². The first-order valence-corrected chi connectivity index (χ1v) is 8.16. The van der Waals surface area contributed by atoms with Crippen LogP contribution in [0.3, 0.4) is 0 Å². The standard InChI is InChI=1S/C14H15N3O4S/c1-17-12-3-2-11(8-13(12)21-14(17)18)22(19,20)16-7-5-10-4-6-15-9-10/h2-4,6,8-9,15-16H,5,7H2,1H3. The van der Waals surface area contributed by atoms with E-state index >= 15 is 0 Å². The highest BCUT2D eigenvalue weighted by atomic mass is 32.2.